The lowest BCUT2D eigenvalue weighted by molar-refractivity contribution is -0.137. The van der Waals surface area contributed by atoms with Crippen LogP contribution in [0.4, 0.5) is 28.9 Å². The van der Waals surface area contributed by atoms with Crippen LogP contribution in [0.3, 0.4) is 0 Å². The highest BCUT2D eigenvalue weighted by Gasteiger charge is 2.52. The Morgan fingerprint density at radius 3 is 2.15 bits per heavy atom. The molecule has 2 saturated heterocycles. The summed E-state index contributed by atoms with van der Waals surface area (Å²) in [4.78, 5) is 33.7. The molecule has 5 rings (SSSR count). The Hall–Kier alpha value is -4.36. The SMILES string of the molecule is CC1(C)C(=O)N(c2ccc(C#N)c(C(F)(F)F)c2)C(=S)N1c1ccc(C(=O)NOCc2ccc(B3OC(C)(C)C(C)(C)O3)cc2)c(F)c1. The summed E-state index contributed by atoms with van der Waals surface area (Å²) in [5, 5.41) is 8.91. The van der Waals surface area contributed by atoms with Crippen LogP contribution in [0.1, 0.15) is 68.6 Å². The van der Waals surface area contributed by atoms with Crippen LogP contribution in [-0.4, -0.2) is 40.8 Å². The molecule has 0 spiro atoms. The molecule has 0 radical (unpaired) electrons. The number of carbonyl (C=O) groups is 2. The Morgan fingerprint density at radius 2 is 1.58 bits per heavy atom. The number of amides is 2. The van der Waals surface area contributed by atoms with E-state index in [4.69, 9.17) is 31.6 Å². The number of nitriles is 1. The van der Waals surface area contributed by atoms with Gasteiger partial charge in [-0.05, 0) is 101 Å². The topological polar surface area (TPSA) is 104 Å². The van der Waals surface area contributed by atoms with E-state index in [9.17, 15) is 22.8 Å². The predicted molar refractivity (Wildman–Crippen MR) is 174 cm³/mol. The largest absolute Gasteiger partial charge is 0.494 e. The van der Waals surface area contributed by atoms with Gasteiger partial charge in [0.2, 0.25) is 0 Å². The average Bonchev–Trinajstić information content (AvgIpc) is 3.33. The van der Waals surface area contributed by atoms with Crippen molar-refractivity contribution in [3.63, 3.8) is 0 Å². The maximum absolute atomic E-state index is 15.3. The molecular formula is C33H31BF4N4O5S. The number of nitrogens with zero attached hydrogens (tertiary/aromatic N) is 3. The fourth-order valence-electron chi connectivity index (χ4n) is 5.28. The zero-order valence-electron chi connectivity index (χ0n) is 26.9. The minimum absolute atomic E-state index is 0.0192. The number of hydrogen-bond acceptors (Lipinski definition) is 7. The molecule has 2 amide bonds. The Morgan fingerprint density at radius 1 is 0.979 bits per heavy atom. The lowest BCUT2D eigenvalue weighted by atomic mass is 9.79. The molecule has 3 aromatic carbocycles. The van der Waals surface area contributed by atoms with Crippen LogP contribution in [0.15, 0.2) is 60.7 Å². The fraction of sp³-hybridized carbons (Fsp3) is 0.333. The highest BCUT2D eigenvalue weighted by Crippen LogP contribution is 2.40. The van der Waals surface area contributed by atoms with E-state index in [1.54, 1.807) is 12.1 Å². The molecule has 3 aromatic rings. The second-order valence-corrected chi connectivity index (χ2v) is 13.2. The maximum Gasteiger partial charge on any atom is 0.494 e. The van der Waals surface area contributed by atoms with Crippen LogP contribution in [0.5, 0.6) is 0 Å². The number of halogens is 4. The third-order valence-corrected chi connectivity index (χ3v) is 9.08. The summed E-state index contributed by atoms with van der Waals surface area (Å²) in [6.07, 6.45) is -4.86. The summed E-state index contributed by atoms with van der Waals surface area (Å²) >= 11 is 5.49. The molecule has 0 bridgehead atoms. The van der Waals surface area contributed by atoms with Gasteiger partial charge in [0.15, 0.2) is 5.11 Å². The van der Waals surface area contributed by atoms with Crippen molar-refractivity contribution >= 4 is 53.1 Å². The summed E-state index contributed by atoms with van der Waals surface area (Å²) in [7, 11) is -0.532. The summed E-state index contributed by atoms with van der Waals surface area (Å²) in [5.74, 6) is -2.50. The number of rotatable bonds is 7. The van der Waals surface area contributed by atoms with Gasteiger partial charge in [-0.1, -0.05) is 24.3 Å². The Kier molecular flexibility index (Phi) is 8.94. The minimum Gasteiger partial charge on any atom is -0.399 e. The Labute approximate surface area is 280 Å². The van der Waals surface area contributed by atoms with Crippen molar-refractivity contribution in [1.29, 1.82) is 5.26 Å². The van der Waals surface area contributed by atoms with E-state index in [0.717, 1.165) is 28.1 Å². The van der Waals surface area contributed by atoms with Crippen LogP contribution in [0, 0.1) is 17.1 Å². The third kappa shape index (κ3) is 6.28. The smallest absolute Gasteiger partial charge is 0.399 e. The van der Waals surface area contributed by atoms with Crippen molar-refractivity contribution in [3.8, 4) is 6.07 Å². The van der Waals surface area contributed by atoms with Crippen LogP contribution in [0.25, 0.3) is 0 Å². The quantitative estimate of drug-likeness (QED) is 0.145. The first-order valence-corrected chi connectivity index (χ1v) is 15.2. The van der Waals surface area contributed by atoms with Crippen LogP contribution in [-0.2, 0) is 31.7 Å². The number of alkyl halides is 3. The van der Waals surface area contributed by atoms with E-state index >= 15 is 4.39 Å². The molecule has 2 aliphatic rings. The third-order valence-electron chi connectivity index (χ3n) is 8.72. The lowest BCUT2D eigenvalue weighted by Gasteiger charge is -2.32. The number of anilines is 2. The average molecular weight is 683 g/mol. The van der Waals surface area contributed by atoms with Crippen molar-refractivity contribution in [2.45, 2.75) is 71.1 Å². The van der Waals surface area contributed by atoms with Gasteiger partial charge in [0.25, 0.3) is 11.8 Å². The minimum atomic E-state index is -4.86. The van der Waals surface area contributed by atoms with Gasteiger partial charge in [0.1, 0.15) is 11.4 Å². The number of carbonyl (C=O) groups excluding carboxylic acids is 2. The second-order valence-electron chi connectivity index (χ2n) is 12.9. The van der Waals surface area contributed by atoms with E-state index in [1.807, 2.05) is 39.8 Å². The summed E-state index contributed by atoms with van der Waals surface area (Å²) in [5.41, 5.74) is -0.985. The van der Waals surface area contributed by atoms with Gasteiger partial charge in [-0.2, -0.15) is 18.4 Å². The van der Waals surface area contributed by atoms with Crippen molar-refractivity contribution < 1.29 is 41.3 Å². The highest BCUT2D eigenvalue weighted by atomic mass is 32.1. The van der Waals surface area contributed by atoms with Crippen molar-refractivity contribution in [3.05, 3.63) is 88.7 Å². The molecule has 0 aliphatic carbocycles. The standard InChI is InChI=1S/C33H31BF4N4O5S/c1-30(2)28(44)41(22-12-9-20(17-39)25(15-22)33(36,37)38)29(48)42(30)23-13-14-24(26(35)16-23)27(43)40-45-18-19-7-10-21(11-8-19)34-46-31(3,4)32(5,6)47-34/h7-16H,18H2,1-6H3,(H,40,43). The Bertz CT molecular complexity index is 1830. The molecule has 0 saturated carbocycles. The normalized spacial score (nSPS) is 18.3. The van der Waals surface area contributed by atoms with E-state index in [1.165, 1.54) is 43.0 Å². The van der Waals surface area contributed by atoms with E-state index in [2.05, 4.69) is 5.48 Å². The number of benzene rings is 3. The molecule has 15 heteroatoms. The van der Waals surface area contributed by atoms with Gasteiger partial charge >= 0.3 is 13.3 Å². The van der Waals surface area contributed by atoms with Gasteiger partial charge in [-0.25, -0.2) is 9.87 Å². The molecule has 0 atom stereocenters. The second kappa shape index (κ2) is 12.3. The number of nitrogens with one attached hydrogen (secondary N) is 1. The summed E-state index contributed by atoms with van der Waals surface area (Å²) in [6.45, 7) is 10.8. The van der Waals surface area contributed by atoms with Crippen molar-refractivity contribution in [1.82, 2.24) is 5.48 Å². The summed E-state index contributed by atoms with van der Waals surface area (Å²) in [6, 6.07) is 15.1. The molecule has 0 unspecified atom stereocenters. The van der Waals surface area contributed by atoms with Gasteiger partial charge in [0.05, 0.1) is 46.3 Å². The maximum atomic E-state index is 15.3. The number of hydrogen-bond donors (Lipinski definition) is 1. The van der Waals surface area contributed by atoms with E-state index in [-0.39, 0.29) is 28.7 Å². The molecule has 2 fully saturated rings. The molecule has 1 N–H and O–H groups in total. The Balaban J connectivity index is 1.26. The first-order chi connectivity index (χ1) is 22.3. The number of thiocarbonyl (C=S) groups is 1. The van der Waals surface area contributed by atoms with Gasteiger partial charge < -0.3 is 14.2 Å². The first-order valence-electron chi connectivity index (χ1n) is 14.7. The molecule has 2 aliphatic heterocycles. The molecule has 250 valence electrons. The molecule has 2 heterocycles. The van der Waals surface area contributed by atoms with Gasteiger partial charge in [-0.3, -0.25) is 19.3 Å². The molecular weight excluding hydrogens is 651 g/mol. The predicted octanol–water partition coefficient (Wildman–Crippen LogP) is 5.79. The summed E-state index contributed by atoms with van der Waals surface area (Å²) < 4.78 is 68.3. The van der Waals surface area contributed by atoms with Gasteiger partial charge in [-0.15, -0.1) is 0 Å². The fourth-order valence-corrected chi connectivity index (χ4v) is 5.80. The van der Waals surface area contributed by atoms with Gasteiger partial charge in [0, 0.05) is 5.69 Å². The zero-order valence-corrected chi connectivity index (χ0v) is 27.7. The van der Waals surface area contributed by atoms with Crippen molar-refractivity contribution in [2.24, 2.45) is 0 Å². The number of hydroxylamine groups is 1. The monoisotopic (exact) mass is 682 g/mol. The van der Waals surface area contributed by atoms with Crippen LogP contribution in [0.2, 0.25) is 0 Å². The first kappa shape index (κ1) is 35.0. The molecule has 0 aromatic heterocycles. The zero-order chi connectivity index (χ0) is 35.4. The van der Waals surface area contributed by atoms with E-state index < -0.39 is 58.8 Å². The van der Waals surface area contributed by atoms with Crippen molar-refractivity contribution in [2.75, 3.05) is 9.80 Å². The van der Waals surface area contributed by atoms with E-state index in [0.29, 0.717) is 6.07 Å². The lowest BCUT2D eigenvalue weighted by Crippen LogP contribution is -2.44. The highest BCUT2D eigenvalue weighted by molar-refractivity contribution is 7.81. The van der Waals surface area contributed by atoms with Crippen LogP contribution < -0.4 is 20.7 Å². The van der Waals surface area contributed by atoms with Crippen LogP contribution >= 0.6 is 12.2 Å². The molecule has 9 nitrogen and oxygen atoms in total. The molecule has 48 heavy (non-hydrogen) atoms.